The largest absolute Gasteiger partial charge is 0.442 e. The van der Waals surface area contributed by atoms with Gasteiger partial charge in [-0.25, -0.2) is 4.79 Å². The molecule has 0 aromatic carbocycles. The maximum atomic E-state index is 12.0. The van der Waals surface area contributed by atoms with Crippen LogP contribution in [0.2, 0.25) is 0 Å². The highest BCUT2D eigenvalue weighted by Crippen LogP contribution is 2.41. The third kappa shape index (κ3) is 1.61. The van der Waals surface area contributed by atoms with Crippen LogP contribution in [0.15, 0.2) is 10.3 Å². The summed E-state index contributed by atoms with van der Waals surface area (Å²) in [5.74, 6) is 0.0474. The van der Waals surface area contributed by atoms with Gasteiger partial charge in [-0.1, -0.05) is 5.22 Å². The molecule has 3 aliphatic heterocycles. The Morgan fingerprint density at radius 1 is 1.50 bits per heavy atom. The van der Waals surface area contributed by atoms with Crippen molar-refractivity contribution in [2.45, 2.75) is 57.1 Å². The van der Waals surface area contributed by atoms with Gasteiger partial charge < -0.3 is 9.47 Å². The van der Waals surface area contributed by atoms with Gasteiger partial charge in [0, 0.05) is 6.42 Å². The Bertz CT molecular complexity index is 442. The molecule has 7 heteroatoms. The summed E-state index contributed by atoms with van der Waals surface area (Å²) in [7, 11) is 0. The van der Waals surface area contributed by atoms with Crippen LogP contribution in [0.25, 0.3) is 0 Å². The Balaban J connectivity index is 1.76. The maximum Gasteiger partial charge on any atom is 0.432 e. The lowest BCUT2D eigenvalue weighted by Crippen LogP contribution is -2.49. The average molecular weight is 253 g/mol. The lowest BCUT2D eigenvalue weighted by Gasteiger charge is -2.27. The lowest BCUT2D eigenvalue weighted by molar-refractivity contribution is -0.122. The fraction of sp³-hybridized carbons (Fsp3) is 0.818. The number of hydrogen-bond acceptors (Lipinski definition) is 6. The van der Waals surface area contributed by atoms with Gasteiger partial charge in [-0.05, 0) is 20.8 Å². The predicted octanol–water partition coefficient (Wildman–Crippen LogP) is 1.08. The highest BCUT2D eigenvalue weighted by Gasteiger charge is 2.60. The molecular weight excluding hydrogens is 238 g/mol. The molecule has 3 aliphatic rings. The monoisotopic (exact) mass is 253 g/mol. The van der Waals surface area contributed by atoms with Crippen molar-refractivity contribution in [3.8, 4) is 0 Å². The summed E-state index contributed by atoms with van der Waals surface area (Å²) >= 11 is 0. The van der Waals surface area contributed by atoms with Crippen molar-refractivity contribution in [2.75, 3.05) is 0 Å². The second-order valence-corrected chi connectivity index (χ2v) is 5.78. The summed E-state index contributed by atoms with van der Waals surface area (Å²) in [6.07, 6.45) is -1.04. The number of nitrogens with zero attached hydrogens (tertiary/aromatic N) is 3. The molecule has 0 radical (unpaired) electrons. The molecule has 2 bridgehead atoms. The van der Waals surface area contributed by atoms with E-state index in [1.807, 2.05) is 0 Å². The van der Waals surface area contributed by atoms with Crippen molar-refractivity contribution >= 4 is 11.9 Å². The summed E-state index contributed by atoms with van der Waals surface area (Å²) < 4.78 is 10.8. The van der Waals surface area contributed by atoms with E-state index in [-0.39, 0.29) is 24.0 Å². The number of fused-ring (bicyclic) bond motifs is 5. The van der Waals surface area contributed by atoms with Crippen LogP contribution in [0.1, 0.15) is 27.2 Å². The van der Waals surface area contributed by atoms with Crippen LogP contribution in [0, 0.1) is 0 Å². The van der Waals surface area contributed by atoms with E-state index in [1.54, 1.807) is 20.8 Å². The van der Waals surface area contributed by atoms with Crippen molar-refractivity contribution in [3.05, 3.63) is 0 Å². The van der Waals surface area contributed by atoms with Crippen LogP contribution < -0.4 is 0 Å². The number of carbonyl (C=O) groups excluding carboxylic acids is 2. The van der Waals surface area contributed by atoms with Gasteiger partial charge in [0.1, 0.15) is 23.8 Å². The van der Waals surface area contributed by atoms with Gasteiger partial charge in [0.05, 0.1) is 6.10 Å². The first-order valence-electron chi connectivity index (χ1n) is 5.98. The second-order valence-electron chi connectivity index (χ2n) is 5.78. The minimum Gasteiger partial charge on any atom is -0.442 e. The Morgan fingerprint density at radius 2 is 2.22 bits per heavy atom. The van der Waals surface area contributed by atoms with Gasteiger partial charge in [-0.2, -0.15) is 10.1 Å². The number of carbonyl (C=O) groups is 2. The molecule has 1 amide bonds. The van der Waals surface area contributed by atoms with Gasteiger partial charge in [-0.3, -0.25) is 4.79 Å². The smallest absolute Gasteiger partial charge is 0.432 e. The van der Waals surface area contributed by atoms with Gasteiger partial charge in [0.15, 0.2) is 5.78 Å². The van der Waals surface area contributed by atoms with Crippen LogP contribution in [-0.2, 0) is 14.3 Å². The van der Waals surface area contributed by atoms with Crippen molar-refractivity contribution < 1.29 is 19.1 Å². The third-order valence-corrected chi connectivity index (χ3v) is 3.23. The molecule has 0 aliphatic carbocycles. The molecule has 4 atom stereocenters. The van der Waals surface area contributed by atoms with Gasteiger partial charge in [0.2, 0.25) is 0 Å². The Hall–Kier alpha value is -1.50. The normalized spacial score (nSPS) is 37.3. The summed E-state index contributed by atoms with van der Waals surface area (Å²) in [4.78, 5) is 23.5. The molecule has 0 spiro atoms. The van der Waals surface area contributed by atoms with Crippen LogP contribution in [0.3, 0.4) is 0 Å². The maximum absolute atomic E-state index is 12.0. The quantitative estimate of drug-likeness (QED) is 0.647. The van der Waals surface area contributed by atoms with E-state index in [9.17, 15) is 9.59 Å². The zero-order chi connectivity index (χ0) is 13.1. The van der Waals surface area contributed by atoms with Gasteiger partial charge in [-0.15, -0.1) is 0 Å². The molecule has 3 rings (SSSR count). The molecule has 2 saturated heterocycles. The van der Waals surface area contributed by atoms with E-state index in [0.29, 0.717) is 6.42 Å². The summed E-state index contributed by atoms with van der Waals surface area (Å²) in [5, 5.41) is 9.01. The standard InChI is InChI=1S/C11H15N3O4/c1-11(2,3)18-10(16)14-8-6-4-5(15)9(17-6)7(8)12-13-14/h6-9H,4H2,1-3H3/t6-,7+,8+,9-/m0/s1. The van der Waals surface area contributed by atoms with Crippen LogP contribution >= 0.6 is 0 Å². The molecule has 0 N–H and O–H groups in total. The Morgan fingerprint density at radius 3 is 2.89 bits per heavy atom. The first-order chi connectivity index (χ1) is 8.37. The Labute approximate surface area is 104 Å². The number of amides is 1. The summed E-state index contributed by atoms with van der Waals surface area (Å²) in [6.45, 7) is 5.36. The molecule has 3 heterocycles. The third-order valence-electron chi connectivity index (χ3n) is 3.23. The van der Waals surface area contributed by atoms with E-state index < -0.39 is 17.8 Å². The predicted molar refractivity (Wildman–Crippen MR) is 58.8 cm³/mol. The van der Waals surface area contributed by atoms with E-state index in [0.717, 1.165) is 0 Å². The van der Waals surface area contributed by atoms with E-state index in [1.165, 1.54) is 5.01 Å². The molecule has 98 valence electrons. The molecule has 18 heavy (non-hydrogen) atoms. The van der Waals surface area contributed by atoms with Crippen molar-refractivity contribution in [1.29, 1.82) is 0 Å². The van der Waals surface area contributed by atoms with E-state index in [4.69, 9.17) is 9.47 Å². The zero-order valence-corrected chi connectivity index (χ0v) is 10.5. The van der Waals surface area contributed by atoms with Crippen molar-refractivity contribution in [2.24, 2.45) is 10.3 Å². The fourth-order valence-corrected chi connectivity index (χ4v) is 2.57. The molecule has 0 aromatic heterocycles. The first kappa shape index (κ1) is 11.6. The first-order valence-corrected chi connectivity index (χ1v) is 5.98. The Kier molecular flexibility index (Phi) is 2.25. The lowest BCUT2D eigenvalue weighted by atomic mass is 9.90. The molecule has 0 saturated carbocycles. The van der Waals surface area contributed by atoms with E-state index >= 15 is 0 Å². The van der Waals surface area contributed by atoms with Gasteiger partial charge >= 0.3 is 6.09 Å². The summed E-state index contributed by atoms with van der Waals surface area (Å²) in [5.41, 5.74) is -0.584. The number of ether oxygens (including phenoxy) is 2. The highest BCUT2D eigenvalue weighted by molar-refractivity contribution is 5.88. The molecule has 0 aromatic rings. The minimum absolute atomic E-state index is 0.0474. The molecule has 2 fully saturated rings. The second kappa shape index (κ2) is 3.50. The zero-order valence-electron chi connectivity index (χ0n) is 10.5. The minimum atomic E-state index is -0.584. The van der Waals surface area contributed by atoms with Crippen molar-refractivity contribution in [1.82, 2.24) is 5.01 Å². The molecule has 7 nitrogen and oxygen atoms in total. The van der Waals surface area contributed by atoms with Crippen molar-refractivity contribution in [3.63, 3.8) is 0 Å². The number of ketones is 1. The van der Waals surface area contributed by atoms with Crippen LogP contribution in [0.4, 0.5) is 4.79 Å². The number of rotatable bonds is 0. The SMILES string of the molecule is CC(C)(C)OC(=O)N1N=N[C@@H]2[C@H]1[C@@H]1CC(=O)[C@@H]2O1. The number of Topliss-reactive ketones (excluding diaryl/α,β-unsaturated/α-hetero) is 1. The average Bonchev–Trinajstić information content (AvgIpc) is 2.82. The molecule has 0 unspecified atom stereocenters. The topological polar surface area (TPSA) is 80.6 Å². The van der Waals surface area contributed by atoms with Crippen LogP contribution in [-0.4, -0.2) is 46.8 Å². The molecular formula is C11H15N3O4. The van der Waals surface area contributed by atoms with E-state index in [2.05, 4.69) is 10.3 Å². The van der Waals surface area contributed by atoms with Crippen LogP contribution in [0.5, 0.6) is 0 Å². The summed E-state index contributed by atoms with van der Waals surface area (Å²) in [6, 6.07) is -0.647. The fourth-order valence-electron chi connectivity index (χ4n) is 2.57. The van der Waals surface area contributed by atoms with Gasteiger partial charge in [0.25, 0.3) is 0 Å². The number of hydrogen-bond donors (Lipinski definition) is 0. The highest BCUT2D eigenvalue weighted by atomic mass is 16.6.